The molecule has 2 aromatic heterocycles. The first-order valence-corrected chi connectivity index (χ1v) is 7.06. The lowest BCUT2D eigenvalue weighted by Crippen LogP contribution is -1.93. The maximum absolute atomic E-state index is 8.54. The van der Waals surface area contributed by atoms with Crippen LogP contribution in [0.25, 0.3) is 22.5 Å². The molecule has 0 saturated heterocycles. The van der Waals surface area contributed by atoms with Gasteiger partial charge in [0, 0.05) is 23.0 Å². The molecule has 3 aromatic rings. The predicted molar refractivity (Wildman–Crippen MR) is 87.5 cm³/mol. The van der Waals surface area contributed by atoms with Crippen molar-refractivity contribution in [1.29, 1.82) is 5.26 Å². The van der Waals surface area contributed by atoms with E-state index < -0.39 is 0 Å². The molecule has 0 atom stereocenters. The monoisotopic (exact) mass is 305 g/mol. The van der Waals surface area contributed by atoms with Crippen LogP contribution in [-0.2, 0) is 0 Å². The van der Waals surface area contributed by atoms with Crippen molar-refractivity contribution in [3.8, 4) is 34.3 Å². The zero-order chi connectivity index (χ0) is 16.2. The van der Waals surface area contributed by atoms with Gasteiger partial charge in [0.25, 0.3) is 0 Å². The van der Waals surface area contributed by atoms with Crippen molar-refractivity contribution in [3.05, 3.63) is 48.3 Å². The average Bonchev–Trinajstić information content (AvgIpc) is 2.95. The van der Waals surface area contributed by atoms with Gasteiger partial charge in [0.2, 0.25) is 0 Å². The lowest BCUT2D eigenvalue weighted by molar-refractivity contribution is 0.368. The number of nitrogens with one attached hydrogen (secondary N) is 1. The van der Waals surface area contributed by atoms with Crippen molar-refractivity contribution in [2.75, 3.05) is 12.3 Å². The molecule has 1 aromatic carbocycles. The first-order chi connectivity index (χ1) is 11.2. The number of nitrogens with two attached hydrogens (primary N) is 1. The lowest BCUT2D eigenvalue weighted by Gasteiger charge is -2.06. The molecule has 6 nitrogen and oxygen atoms in total. The number of aryl methyl sites for hydroxylation is 1. The number of nitrogen functional groups attached to an aromatic ring is 1. The van der Waals surface area contributed by atoms with E-state index >= 15 is 0 Å². The van der Waals surface area contributed by atoms with Gasteiger partial charge < -0.3 is 15.5 Å². The Morgan fingerprint density at radius 1 is 1.22 bits per heavy atom. The Morgan fingerprint density at radius 2 is 2.00 bits per heavy atom. The van der Waals surface area contributed by atoms with Gasteiger partial charge in [-0.25, -0.2) is 4.98 Å². The lowest BCUT2D eigenvalue weighted by atomic mass is 10.1. The number of nitrogens with zero attached hydrogens (tertiary/aromatic N) is 3. The topological polar surface area (TPSA) is 101 Å². The molecule has 0 bridgehead atoms. The number of aromatic amines is 1. The largest absolute Gasteiger partial charge is 0.479 e. The first-order valence-electron chi connectivity index (χ1n) is 7.06. The zero-order valence-corrected chi connectivity index (χ0v) is 12.6. The fraction of sp³-hybridized carbons (Fsp3) is 0.118. The number of nitriles is 1. The molecule has 2 heterocycles. The van der Waals surface area contributed by atoms with Crippen molar-refractivity contribution in [2.24, 2.45) is 0 Å². The van der Waals surface area contributed by atoms with E-state index in [1.54, 1.807) is 6.20 Å². The molecule has 114 valence electrons. The number of imidazole rings is 1. The summed E-state index contributed by atoms with van der Waals surface area (Å²) < 4.78 is 5.26. The second kappa shape index (κ2) is 6.20. The number of hydrogen-bond acceptors (Lipinski definition) is 5. The van der Waals surface area contributed by atoms with Crippen molar-refractivity contribution >= 4 is 5.95 Å². The number of rotatable bonds is 4. The third-order valence-corrected chi connectivity index (χ3v) is 3.34. The van der Waals surface area contributed by atoms with Gasteiger partial charge in [-0.1, -0.05) is 0 Å². The Balaban J connectivity index is 1.99. The van der Waals surface area contributed by atoms with Crippen LogP contribution in [0.3, 0.4) is 0 Å². The number of pyridine rings is 1. The quantitative estimate of drug-likeness (QED) is 0.771. The number of anilines is 1. The van der Waals surface area contributed by atoms with E-state index in [0.29, 0.717) is 11.7 Å². The van der Waals surface area contributed by atoms with Crippen LogP contribution in [0.1, 0.15) is 5.69 Å². The van der Waals surface area contributed by atoms with Crippen LogP contribution < -0.4 is 10.5 Å². The molecule has 0 saturated carbocycles. The smallest absolute Gasteiger partial charge is 0.198 e. The Kier molecular flexibility index (Phi) is 3.93. The van der Waals surface area contributed by atoms with E-state index in [1.807, 2.05) is 49.4 Å². The van der Waals surface area contributed by atoms with Gasteiger partial charge in [-0.05, 0) is 43.3 Å². The van der Waals surface area contributed by atoms with Crippen LogP contribution >= 0.6 is 0 Å². The van der Waals surface area contributed by atoms with Gasteiger partial charge in [-0.3, -0.25) is 4.98 Å². The van der Waals surface area contributed by atoms with Gasteiger partial charge in [-0.2, -0.15) is 5.26 Å². The minimum absolute atomic E-state index is 0.0257. The molecule has 0 unspecified atom stereocenters. The second-order valence-electron chi connectivity index (χ2n) is 5.00. The summed E-state index contributed by atoms with van der Waals surface area (Å²) >= 11 is 0. The number of H-pyrrole nitrogens is 1. The van der Waals surface area contributed by atoms with Gasteiger partial charge in [0.1, 0.15) is 11.8 Å². The Morgan fingerprint density at radius 3 is 2.70 bits per heavy atom. The SMILES string of the molecule is Cc1cc(-c2nc(N)[nH]c2-c2ccc(OCC#N)cc2)ccn1. The summed E-state index contributed by atoms with van der Waals surface area (Å²) in [6.07, 6.45) is 1.75. The Bertz CT molecular complexity index is 861. The van der Waals surface area contributed by atoms with Crippen molar-refractivity contribution in [2.45, 2.75) is 6.92 Å². The van der Waals surface area contributed by atoms with Crippen LogP contribution in [-0.4, -0.2) is 21.6 Å². The van der Waals surface area contributed by atoms with Crippen LogP contribution in [0.5, 0.6) is 5.75 Å². The summed E-state index contributed by atoms with van der Waals surface area (Å²) in [6, 6.07) is 13.2. The molecular weight excluding hydrogens is 290 g/mol. The summed E-state index contributed by atoms with van der Waals surface area (Å²) in [5, 5.41) is 8.54. The maximum Gasteiger partial charge on any atom is 0.198 e. The molecule has 0 spiro atoms. The standard InChI is InChI=1S/C17H15N5O/c1-11-10-13(6-8-20-11)16-15(21-17(19)22-16)12-2-4-14(5-3-12)23-9-7-18/h2-6,8,10H,9H2,1H3,(H3,19,21,22). The van der Waals surface area contributed by atoms with Gasteiger partial charge in [-0.15, -0.1) is 0 Å². The highest BCUT2D eigenvalue weighted by Gasteiger charge is 2.13. The summed E-state index contributed by atoms with van der Waals surface area (Å²) in [7, 11) is 0. The molecule has 0 aliphatic carbocycles. The van der Waals surface area contributed by atoms with E-state index in [-0.39, 0.29) is 6.61 Å². The zero-order valence-electron chi connectivity index (χ0n) is 12.6. The third kappa shape index (κ3) is 3.14. The third-order valence-electron chi connectivity index (χ3n) is 3.34. The number of ether oxygens (including phenoxy) is 1. The molecule has 0 aliphatic heterocycles. The molecule has 23 heavy (non-hydrogen) atoms. The van der Waals surface area contributed by atoms with E-state index in [4.69, 9.17) is 15.7 Å². The van der Waals surface area contributed by atoms with Crippen molar-refractivity contribution in [3.63, 3.8) is 0 Å². The number of hydrogen-bond donors (Lipinski definition) is 2. The normalized spacial score (nSPS) is 10.3. The van der Waals surface area contributed by atoms with Crippen molar-refractivity contribution < 1.29 is 4.74 Å². The summed E-state index contributed by atoms with van der Waals surface area (Å²) in [6.45, 7) is 1.96. The molecular formula is C17H15N5O. The molecule has 0 amide bonds. The second-order valence-corrected chi connectivity index (χ2v) is 5.00. The highest BCUT2D eigenvalue weighted by molar-refractivity contribution is 5.79. The maximum atomic E-state index is 8.54. The van der Waals surface area contributed by atoms with Crippen molar-refractivity contribution in [1.82, 2.24) is 15.0 Å². The highest BCUT2D eigenvalue weighted by atomic mass is 16.5. The molecule has 0 radical (unpaired) electrons. The van der Waals surface area contributed by atoms with E-state index in [2.05, 4.69) is 15.0 Å². The molecule has 3 N–H and O–H groups in total. The van der Waals surface area contributed by atoms with Crippen LogP contribution in [0.15, 0.2) is 42.6 Å². The Labute approximate surface area is 133 Å². The fourth-order valence-electron chi connectivity index (χ4n) is 2.34. The fourth-order valence-corrected chi connectivity index (χ4v) is 2.34. The first kappa shape index (κ1) is 14.6. The number of aromatic nitrogens is 3. The number of benzene rings is 1. The molecule has 0 fully saturated rings. The van der Waals surface area contributed by atoms with Gasteiger partial charge in [0.05, 0.1) is 11.4 Å². The van der Waals surface area contributed by atoms with Gasteiger partial charge in [0.15, 0.2) is 12.6 Å². The summed E-state index contributed by atoms with van der Waals surface area (Å²) in [5.41, 5.74) is 10.2. The van der Waals surface area contributed by atoms with Crippen LogP contribution in [0, 0.1) is 18.3 Å². The minimum Gasteiger partial charge on any atom is -0.479 e. The molecule has 3 rings (SSSR count). The van der Waals surface area contributed by atoms with E-state index in [0.717, 1.165) is 28.2 Å². The summed E-state index contributed by atoms with van der Waals surface area (Å²) in [5.74, 6) is 0.998. The predicted octanol–water partition coefficient (Wildman–Crippen LogP) is 2.93. The van der Waals surface area contributed by atoms with E-state index in [1.165, 1.54) is 0 Å². The Hall–Kier alpha value is -3.33. The van der Waals surface area contributed by atoms with E-state index in [9.17, 15) is 0 Å². The average molecular weight is 305 g/mol. The van der Waals surface area contributed by atoms with Crippen LogP contribution in [0.2, 0.25) is 0 Å². The van der Waals surface area contributed by atoms with Gasteiger partial charge >= 0.3 is 0 Å². The van der Waals surface area contributed by atoms with Crippen LogP contribution in [0.4, 0.5) is 5.95 Å². The highest BCUT2D eigenvalue weighted by Crippen LogP contribution is 2.31. The molecule has 0 aliphatic rings. The minimum atomic E-state index is 0.0257. The summed E-state index contributed by atoms with van der Waals surface area (Å²) in [4.78, 5) is 11.7. The molecule has 6 heteroatoms.